The fourth-order valence-electron chi connectivity index (χ4n) is 3.61. The number of halogens is 1. The third-order valence-electron chi connectivity index (χ3n) is 5.62. The van der Waals surface area contributed by atoms with E-state index in [2.05, 4.69) is 48.1 Å². The van der Waals surface area contributed by atoms with Crippen molar-refractivity contribution in [2.75, 3.05) is 5.32 Å². The van der Waals surface area contributed by atoms with Gasteiger partial charge in [-0.05, 0) is 66.8 Å². The van der Waals surface area contributed by atoms with Crippen LogP contribution in [0.2, 0.25) is 5.02 Å². The number of amides is 1. The van der Waals surface area contributed by atoms with Gasteiger partial charge in [-0.2, -0.15) is 5.21 Å². The topological polar surface area (TPSA) is 96.5 Å². The zero-order valence-electron chi connectivity index (χ0n) is 17.7. The second kappa shape index (κ2) is 9.14. The van der Waals surface area contributed by atoms with E-state index >= 15 is 0 Å². The van der Waals surface area contributed by atoms with E-state index in [0.29, 0.717) is 33.6 Å². The number of nitrogens with one attached hydrogen (secondary N) is 2. The van der Waals surface area contributed by atoms with Gasteiger partial charge in [-0.15, -0.1) is 21.5 Å². The molecule has 1 aliphatic carbocycles. The Labute approximate surface area is 199 Å². The van der Waals surface area contributed by atoms with Crippen molar-refractivity contribution in [1.29, 1.82) is 0 Å². The van der Waals surface area contributed by atoms with E-state index in [0.717, 1.165) is 21.8 Å². The van der Waals surface area contributed by atoms with Gasteiger partial charge in [0, 0.05) is 33.7 Å². The molecule has 0 spiro atoms. The Morgan fingerprint density at radius 1 is 1.24 bits per heavy atom. The van der Waals surface area contributed by atoms with Crippen molar-refractivity contribution in [2.45, 2.75) is 32.1 Å². The minimum Gasteiger partial charge on any atom is -0.322 e. The van der Waals surface area contributed by atoms with Gasteiger partial charge in [-0.25, -0.2) is 4.98 Å². The minimum atomic E-state index is -0.260. The number of anilines is 1. The molecule has 0 aliphatic heterocycles. The molecule has 0 radical (unpaired) electrons. The lowest BCUT2D eigenvalue weighted by atomic mass is 9.83. The minimum absolute atomic E-state index is 0.260. The number of hydrogen-bond acceptors (Lipinski definition) is 6. The zero-order valence-corrected chi connectivity index (χ0v) is 19.3. The molecule has 1 amide bonds. The number of aromatic amines is 1. The van der Waals surface area contributed by atoms with Crippen molar-refractivity contribution in [3.63, 3.8) is 0 Å². The summed E-state index contributed by atoms with van der Waals surface area (Å²) in [5, 5.41) is 20.1. The summed E-state index contributed by atoms with van der Waals surface area (Å²) in [4.78, 5) is 17.6. The molecular formula is C24H19ClN6OS. The number of rotatable bonds is 4. The van der Waals surface area contributed by atoms with Gasteiger partial charge in [0.25, 0.3) is 5.91 Å². The maximum absolute atomic E-state index is 12.9. The van der Waals surface area contributed by atoms with Crippen LogP contribution in [0.3, 0.4) is 0 Å². The highest BCUT2D eigenvalue weighted by Crippen LogP contribution is 2.36. The molecule has 2 aromatic heterocycles. The lowest BCUT2D eigenvalue weighted by Crippen LogP contribution is -2.13. The lowest BCUT2D eigenvalue weighted by Gasteiger charge is -2.22. The van der Waals surface area contributed by atoms with Crippen molar-refractivity contribution in [1.82, 2.24) is 25.6 Å². The average molecular weight is 475 g/mol. The second-order valence-corrected chi connectivity index (χ2v) is 9.14. The van der Waals surface area contributed by atoms with Crippen LogP contribution in [0.25, 0.3) is 11.4 Å². The quantitative estimate of drug-likeness (QED) is 0.396. The number of tetrazole rings is 1. The number of aromatic nitrogens is 5. The fraction of sp³-hybridized carbons (Fsp3) is 0.208. The Balaban J connectivity index is 1.31. The number of benzene rings is 2. The Hall–Kier alpha value is -3.54. The monoisotopic (exact) mass is 474 g/mol. The Bertz CT molecular complexity index is 1380. The van der Waals surface area contributed by atoms with Crippen molar-refractivity contribution in [2.24, 2.45) is 0 Å². The summed E-state index contributed by atoms with van der Waals surface area (Å²) in [6.45, 7) is 1.84. The van der Waals surface area contributed by atoms with Crippen LogP contribution in [-0.4, -0.2) is 31.5 Å². The fourth-order valence-corrected chi connectivity index (χ4v) is 4.60. The van der Waals surface area contributed by atoms with Crippen LogP contribution in [0.4, 0.5) is 5.69 Å². The number of nitrogens with zero attached hydrogens (tertiary/aromatic N) is 4. The summed E-state index contributed by atoms with van der Waals surface area (Å²) < 4.78 is 0. The Morgan fingerprint density at radius 3 is 2.88 bits per heavy atom. The predicted octanol–water partition coefficient (Wildman–Crippen LogP) is 5.20. The van der Waals surface area contributed by atoms with Crippen molar-refractivity contribution >= 4 is 34.5 Å². The number of carbonyl (C=O) groups is 1. The normalized spacial score (nSPS) is 13.2. The third-order valence-corrected chi connectivity index (χ3v) is 6.71. The lowest BCUT2D eigenvalue weighted by molar-refractivity contribution is 0.102. The van der Waals surface area contributed by atoms with E-state index in [1.165, 1.54) is 19.3 Å². The van der Waals surface area contributed by atoms with Crippen LogP contribution < -0.4 is 5.32 Å². The Kier molecular flexibility index (Phi) is 5.90. The van der Waals surface area contributed by atoms with Crippen LogP contribution in [0.1, 0.15) is 57.4 Å². The summed E-state index contributed by atoms with van der Waals surface area (Å²) in [6, 6.07) is 10.8. The standard InChI is InChI=1S/C24H19ClN6OS/c1-14-10-19(23-28-30-31-29-23)20(25)12-18(14)24(32)26-17-7-2-4-15(11-17)8-9-22-27-21(13-33-22)16-5-3-6-16/h2,4,7,10-13,16H,3,5-6H2,1H3,(H,26,32)(H,28,29,30,31). The molecule has 2 heterocycles. The molecule has 7 nitrogen and oxygen atoms in total. The highest BCUT2D eigenvalue weighted by atomic mass is 35.5. The van der Waals surface area contributed by atoms with E-state index in [-0.39, 0.29) is 5.91 Å². The molecule has 2 N–H and O–H groups in total. The molecular weight excluding hydrogens is 456 g/mol. The molecule has 1 saturated carbocycles. The van der Waals surface area contributed by atoms with Gasteiger partial charge >= 0.3 is 0 Å². The van der Waals surface area contributed by atoms with Gasteiger partial charge in [0.05, 0.1) is 10.7 Å². The SMILES string of the molecule is Cc1cc(-c2nn[nH]n2)c(Cl)cc1C(=O)Nc1cccc(C#Cc2nc(C3CCC3)cs2)c1. The first-order valence-corrected chi connectivity index (χ1v) is 11.8. The molecule has 0 bridgehead atoms. The molecule has 33 heavy (non-hydrogen) atoms. The van der Waals surface area contributed by atoms with E-state index in [4.69, 9.17) is 11.6 Å². The van der Waals surface area contributed by atoms with E-state index in [1.54, 1.807) is 23.5 Å². The number of thiazole rings is 1. The largest absolute Gasteiger partial charge is 0.322 e. The average Bonchev–Trinajstić information content (AvgIpc) is 3.45. The maximum atomic E-state index is 12.9. The molecule has 0 atom stereocenters. The van der Waals surface area contributed by atoms with Crippen LogP contribution in [-0.2, 0) is 0 Å². The number of aryl methyl sites for hydroxylation is 1. The number of carbonyl (C=O) groups excluding carboxylic acids is 1. The van der Waals surface area contributed by atoms with Crippen molar-refractivity contribution in [3.05, 3.63) is 74.2 Å². The number of hydrogen-bond donors (Lipinski definition) is 2. The molecule has 9 heteroatoms. The van der Waals surface area contributed by atoms with Gasteiger partial charge in [0.15, 0.2) is 5.01 Å². The zero-order chi connectivity index (χ0) is 22.8. The highest BCUT2D eigenvalue weighted by molar-refractivity contribution is 7.10. The summed E-state index contributed by atoms with van der Waals surface area (Å²) in [6.07, 6.45) is 3.74. The molecule has 0 unspecified atom stereocenters. The molecule has 4 aromatic rings. The smallest absolute Gasteiger partial charge is 0.255 e. The summed E-state index contributed by atoms with van der Waals surface area (Å²) in [7, 11) is 0. The van der Waals surface area contributed by atoms with Crippen LogP contribution in [0.15, 0.2) is 41.8 Å². The van der Waals surface area contributed by atoms with E-state index in [9.17, 15) is 4.79 Å². The van der Waals surface area contributed by atoms with Crippen LogP contribution in [0, 0.1) is 18.8 Å². The van der Waals surface area contributed by atoms with Crippen LogP contribution in [0.5, 0.6) is 0 Å². The van der Waals surface area contributed by atoms with Crippen molar-refractivity contribution < 1.29 is 4.79 Å². The van der Waals surface area contributed by atoms with E-state index in [1.807, 2.05) is 31.2 Å². The molecule has 1 aliphatic rings. The third kappa shape index (κ3) is 4.65. The molecule has 1 fully saturated rings. The first-order chi connectivity index (χ1) is 16.1. The molecule has 5 rings (SSSR count). The van der Waals surface area contributed by atoms with Crippen molar-refractivity contribution in [3.8, 4) is 23.2 Å². The van der Waals surface area contributed by atoms with Crippen LogP contribution >= 0.6 is 22.9 Å². The molecule has 164 valence electrons. The molecule has 0 saturated heterocycles. The second-order valence-electron chi connectivity index (χ2n) is 7.87. The number of H-pyrrole nitrogens is 1. The van der Waals surface area contributed by atoms with Gasteiger partial charge < -0.3 is 5.32 Å². The van der Waals surface area contributed by atoms with Gasteiger partial charge in [0.1, 0.15) is 0 Å². The summed E-state index contributed by atoms with van der Waals surface area (Å²) in [5.74, 6) is 7.01. The maximum Gasteiger partial charge on any atom is 0.255 e. The summed E-state index contributed by atoms with van der Waals surface area (Å²) >= 11 is 7.95. The Morgan fingerprint density at radius 2 is 2.12 bits per heavy atom. The highest BCUT2D eigenvalue weighted by Gasteiger charge is 2.21. The molecule has 2 aromatic carbocycles. The van der Waals surface area contributed by atoms with Gasteiger partial charge in [-0.1, -0.05) is 30.0 Å². The predicted molar refractivity (Wildman–Crippen MR) is 128 cm³/mol. The van der Waals surface area contributed by atoms with E-state index < -0.39 is 0 Å². The van der Waals surface area contributed by atoms with Gasteiger partial charge in [0.2, 0.25) is 5.82 Å². The first kappa shape index (κ1) is 21.3. The summed E-state index contributed by atoms with van der Waals surface area (Å²) in [5.41, 5.74) is 4.44. The van der Waals surface area contributed by atoms with Gasteiger partial charge in [-0.3, -0.25) is 4.79 Å². The first-order valence-electron chi connectivity index (χ1n) is 10.5.